The van der Waals surface area contributed by atoms with E-state index in [0.717, 1.165) is 43.3 Å². The molecule has 2 atom stereocenters. The van der Waals surface area contributed by atoms with Gasteiger partial charge in [0, 0.05) is 41.7 Å². The first-order chi connectivity index (χ1) is 9.24. The summed E-state index contributed by atoms with van der Waals surface area (Å²) in [7, 11) is 0. The highest BCUT2D eigenvalue weighted by Gasteiger charge is 2.31. The third-order valence-electron chi connectivity index (χ3n) is 3.73. The molecule has 3 heterocycles. The van der Waals surface area contributed by atoms with E-state index < -0.39 is 0 Å². The van der Waals surface area contributed by atoms with Crippen molar-refractivity contribution in [3.8, 4) is 0 Å². The lowest BCUT2D eigenvalue weighted by Gasteiger charge is -2.33. The predicted molar refractivity (Wildman–Crippen MR) is 94.2 cm³/mol. The van der Waals surface area contributed by atoms with E-state index in [9.17, 15) is 4.79 Å². The van der Waals surface area contributed by atoms with Crippen LogP contribution in [-0.4, -0.2) is 46.6 Å². The van der Waals surface area contributed by atoms with Gasteiger partial charge in [-0.15, -0.1) is 47.9 Å². The van der Waals surface area contributed by atoms with E-state index >= 15 is 0 Å². The molecule has 0 saturated carbocycles. The van der Waals surface area contributed by atoms with Gasteiger partial charge < -0.3 is 4.90 Å². The van der Waals surface area contributed by atoms with Crippen molar-refractivity contribution in [1.29, 1.82) is 0 Å². The standard InChI is InChI=1S/C13H19N3OS2.2ClH/c1-9-6-19-12(15-9)10-3-2-4-16(5-10)13(17)11-7-18-8-14-11;;/h6,10-11,14H,2-5,7-8H2,1H3;2*1H. The third kappa shape index (κ3) is 4.48. The number of hydrogen-bond donors (Lipinski definition) is 1. The number of thiazole rings is 1. The maximum atomic E-state index is 12.4. The average Bonchev–Trinajstić information content (AvgIpc) is 3.09. The molecule has 2 fully saturated rings. The van der Waals surface area contributed by atoms with Crippen molar-refractivity contribution in [2.24, 2.45) is 0 Å². The van der Waals surface area contributed by atoms with Crippen molar-refractivity contribution < 1.29 is 4.79 Å². The fourth-order valence-electron chi connectivity index (χ4n) is 2.71. The van der Waals surface area contributed by atoms with Crippen molar-refractivity contribution in [1.82, 2.24) is 15.2 Å². The second-order valence-electron chi connectivity index (χ2n) is 5.22. The topological polar surface area (TPSA) is 45.2 Å². The largest absolute Gasteiger partial charge is 0.341 e. The lowest BCUT2D eigenvalue weighted by atomic mass is 9.98. The molecule has 1 N–H and O–H groups in total. The fraction of sp³-hybridized carbons (Fsp3) is 0.692. The summed E-state index contributed by atoms with van der Waals surface area (Å²) in [5.41, 5.74) is 1.09. The molecule has 0 aromatic carbocycles. The van der Waals surface area contributed by atoms with E-state index in [4.69, 9.17) is 0 Å². The molecule has 0 bridgehead atoms. The molecule has 0 radical (unpaired) electrons. The number of carbonyl (C=O) groups excluding carboxylic acids is 1. The Morgan fingerprint density at radius 2 is 2.29 bits per heavy atom. The molecule has 8 heteroatoms. The molecule has 2 unspecified atom stereocenters. The summed E-state index contributed by atoms with van der Waals surface area (Å²) in [5.74, 6) is 2.53. The number of carbonyl (C=O) groups is 1. The second kappa shape index (κ2) is 8.58. The number of thioether (sulfide) groups is 1. The Bertz CT molecular complexity index is 466. The molecule has 1 amide bonds. The summed E-state index contributed by atoms with van der Waals surface area (Å²) in [6, 6.07) is 0.0294. The lowest BCUT2D eigenvalue weighted by Crippen LogP contribution is -2.48. The number of hydrogen-bond acceptors (Lipinski definition) is 5. The third-order valence-corrected chi connectivity index (χ3v) is 5.80. The van der Waals surface area contributed by atoms with E-state index in [2.05, 4.69) is 15.7 Å². The summed E-state index contributed by atoms with van der Waals surface area (Å²) in [6.45, 7) is 3.78. The Hall–Kier alpha value is -0.0100. The lowest BCUT2D eigenvalue weighted by molar-refractivity contribution is -0.133. The zero-order valence-electron chi connectivity index (χ0n) is 11.9. The van der Waals surface area contributed by atoms with Gasteiger partial charge in [-0.3, -0.25) is 10.1 Å². The van der Waals surface area contributed by atoms with Crippen LogP contribution >= 0.6 is 47.9 Å². The molecular formula is C13H21Cl2N3OS2. The van der Waals surface area contributed by atoms with E-state index in [0.29, 0.717) is 5.92 Å². The zero-order chi connectivity index (χ0) is 13.2. The molecule has 120 valence electrons. The van der Waals surface area contributed by atoms with Gasteiger partial charge in [-0.1, -0.05) is 0 Å². The highest BCUT2D eigenvalue weighted by atomic mass is 35.5. The van der Waals surface area contributed by atoms with E-state index in [1.165, 1.54) is 5.01 Å². The Balaban J connectivity index is 0.00000110. The van der Waals surface area contributed by atoms with Crippen LogP contribution in [0.3, 0.4) is 0 Å². The number of piperidine rings is 1. The van der Waals surface area contributed by atoms with Gasteiger partial charge in [0.1, 0.15) is 0 Å². The number of rotatable bonds is 2. The molecule has 4 nitrogen and oxygen atoms in total. The Morgan fingerprint density at radius 1 is 1.48 bits per heavy atom. The van der Waals surface area contributed by atoms with Crippen LogP contribution in [-0.2, 0) is 4.79 Å². The van der Waals surface area contributed by atoms with Crippen LogP contribution in [0.1, 0.15) is 29.5 Å². The Morgan fingerprint density at radius 3 is 2.90 bits per heavy atom. The van der Waals surface area contributed by atoms with Crippen molar-refractivity contribution in [2.75, 3.05) is 24.7 Å². The number of amides is 1. The first-order valence-electron chi connectivity index (χ1n) is 6.76. The molecule has 1 aromatic rings. The van der Waals surface area contributed by atoms with Crippen LogP contribution in [0.5, 0.6) is 0 Å². The second-order valence-corrected chi connectivity index (χ2v) is 7.14. The number of halogens is 2. The Labute approximate surface area is 146 Å². The minimum absolute atomic E-state index is 0. The first-order valence-corrected chi connectivity index (χ1v) is 8.79. The number of aromatic nitrogens is 1. The molecule has 0 aliphatic carbocycles. The van der Waals surface area contributed by atoms with E-state index in [1.807, 2.05) is 11.8 Å². The number of nitrogens with zero attached hydrogens (tertiary/aromatic N) is 2. The summed E-state index contributed by atoms with van der Waals surface area (Å²) in [5, 5.41) is 6.57. The first kappa shape index (κ1) is 19.0. The normalized spacial score (nSPS) is 25.1. The van der Waals surface area contributed by atoms with Crippen LogP contribution < -0.4 is 5.32 Å². The van der Waals surface area contributed by atoms with Gasteiger partial charge in [-0.25, -0.2) is 4.98 Å². The van der Waals surface area contributed by atoms with Crippen molar-refractivity contribution >= 4 is 53.8 Å². The van der Waals surface area contributed by atoms with Gasteiger partial charge in [0.15, 0.2) is 0 Å². The molecule has 21 heavy (non-hydrogen) atoms. The van der Waals surface area contributed by atoms with Crippen molar-refractivity contribution in [3.63, 3.8) is 0 Å². The summed E-state index contributed by atoms with van der Waals surface area (Å²) >= 11 is 3.54. The smallest absolute Gasteiger partial charge is 0.240 e. The van der Waals surface area contributed by atoms with Gasteiger partial charge in [0.05, 0.1) is 11.0 Å². The average molecular weight is 370 g/mol. The van der Waals surface area contributed by atoms with E-state index in [-0.39, 0.29) is 36.8 Å². The van der Waals surface area contributed by atoms with Crippen LogP contribution in [0, 0.1) is 6.92 Å². The molecule has 1 aromatic heterocycles. The van der Waals surface area contributed by atoms with Gasteiger partial charge in [0.2, 0.25) is 5.91 Å². The molecule has 2 aliphatic heterocycles. The zero-order valence-corrected chi connectivity index (χ0v) is 15.2. The quantitative estimate of drug-likeness (QED) is 0.870. The summed E-state index contributed by atoms with van der Waals surface area (Å²) in [4.78, 5) is 19.0. The fourth-order valence-corrected chi connectivity index (χ4v) is 4.57. The number of nitrogens with one attached hydrogen (secondary N) is 1. The highest BCUT2D eigenvalue weighted by molar-refractivity contribution is 7.99. The SMILES string of the molecule is Cc1csc(C2CCCN(C(=O)C3CSCN3)C2)n1.Cl.Cl. The van der Waals surface area contributed by atoms with Crippen LogP contribution in [0.15, 0.2) is 5.38 Å². The molecule has 2 saturated heterocycles. The van der Waals surface area contributed by atoms with Gasteiger partial charge in [0.25, 0.3) is 0 Å². The summed E-state index contributed by atoms with van der Waals surface area (Å²) in [6.07, 6.45) is 2.25. The van der Waals surface area contributed by atoms with Gasteiger partial charge >= 0.3 is 0 Å². The molecular weight excluding hydrogens is 349 g/mol. The maximum Gasteiger partial charge on any atom is 0.240 e. The summed E-state index contributed by atoms with van der Waals surface area (Å²) < 4.78 is 0. The van der Waals surface area contributed by atoms with Crippen LogP contribution in [0.4, 0.5) is 0 Å². The van der Waals surface area contributed by atoms with E-state index in [1.54, 1.807) is 23.1 Å². The maximum absolute atomic E-state index is 12.4. The molecule has 3 rings (SSSR count). The van der Waals surface area contributed by atoms with Crippen LogP contribution in [0.25, 0.3) is 0 Å². The molecule has 0 spiro atoms. The van der Waals surface area contributed by atoms with Crippen LogP contribution in [0.2, 0.25) is 0 Å². The highest BCUT2D eigenvalue weighted by Crippen LogP contribution is 2.29. The van der Waals surface area contributed by atoms with Crippen molar-refractivity contribution in [2.45, 2.75) is 31.7 Å². The molecule has 2 aliphatic rings. The van der Waals surface area contributed by atoms with Gasteiger partial charge in [-0.05, 0) is 19.8 Å². The monoisotopic (exact) mass is 369 g/mol. The number of aryl methyl sites for hydroxylation is 1. The van der Waals surface area contributed by atoms with Crippen molar-refractivity contribution in [3.05, 3.63) is 16.1 Å². The minimum atomic E-state index is 0. The van der Waals surface area contributed by atoms with Gasteiger partial charge in [-0.2, -0.15) is 0 Å². The Kier molecular flexibility index (Phi) is 7.78. The minimum Gasteiger partial charge on any atom is -0.341 e. The number of likely N-dealkylation sites (tertiary alicyclic amines) is 1. The predicted octanol–water partition coefficient (Wildman–Crippen LogP) is 2.66.